The minimum atomic E-state index is -1.35. The van der Waals surface area contributed by atoms with Gasteiger partial charge in [0.25, 0.3) is 5.69 Å². The molecule has 1 radical (unpaired) electrons. The Hall–Kier alpha value is -1.74. The van der Waals surface area contributed by atoms with E-state index in [0.717, 1.165) is 6.07 Å². The predicted molar refractivity (Wildman–Crippen MR) is 70.0 cm³/mol. The molecule has 1 aromatic rings. The Labute approximate surface area is 115 Å². The average Bonchev–Trinajstić information content (AvgIpc) is 2.38. The fourth-order valence-electron chi connectivity index (χ4n) is 1.12. The van der Waals surface area contributed by atoms with Crippen LogP contribution in [-0.2, 0) is 9.53 Å². The van der Waals surface area contributed by atoms with Crippen molar-refractivity contribution in [3.63, 3.8) is 0 Å². The molecule has 0 fully saturated rings. The van der Waals surface area contributed by atoms with Gasteiger partial charge in [-0.1, -0.05) is 21.6 Å². The Morgan fingerprint density at radius 3 is 2.84 bits per heavy atom. The zero-order valence-corrected chi connectivity index (χ0v) is 11.0. The molecule has 1 rings (SSSR count). The summed E-state index contributed by atoms with van der Waals surface area (Å²) in [4.78, 5) is 31.2. The lowest BCUT2D eigenvalue weighted by Gasteiger charge is -2.03. The monoisotopic (exact) mass is 302 g/mol. The second-order valence-electron chi connectivity index (χ2n) is 3.08. The van der Waals surface area contributed by atoms with E-state index in [2.05, 4.69) is 4.74 Å². The molecular weight excluding hydrogens is 294 g/mol. The Kier molecular flexibility index (Phi) is 6.16. The molecular formula is C10H8NO6S2. The van der Waals surface area contributed by atoms with Crippen LogP contribution in [0.25, 0.3) is 0 Å². The smallest absolute Gasteiger partial charge is 0.417 e. The van der Waals surface area contributed by atoms with Crippen LogP contribution in [0.2, 0.25) is 0 Å². The van der Waals surface area contributed by atoms with Crippen molar-refractivity contribution in [2.24, 2.45) is 0 Å². The molecule has 101 valence electrons. The van der Waals surface area contributed by atoms with Gasteiger partial charge in [0.15, 0.2) is 0 Å². The number of aromatic carboxylic acids is 1. The fraction of sp³-hybridized carbons (Fsp3) is 0.200. The predicted octanol–water partition coefficient (Wildman–Crippen LogP) is 2.12. The molecule has 0 aromatic heterocycles. The molecule has 0 spiro atoms. The topological polar surface area (TPSA) is 107 Å². The van der Waals surface area contributed by atoms with Gasteiger partial charge in [0.1, 0.15) is 12.2 Å². The van der Waals surface area contributed by atoms with E-state index in [1.807, 2.05) is 0 Å². The number of nitrogens with zero attached hydrogens (tertiary/aromatic N) is 1. The molecule has 0 heterocycles. The van der Waals surface area contributed by atoms with Crippen molar-refractivity contribution in [1.82, 2.24) is 0 Å². The van der Waals surface area contributed by atoms with Gasteiger partial charge in [-0.3, -0.25) is 10.1 Å². The first-order chi connectivity index (χ1) is 9.06. The van der Waals surface area contributed by atoms with Crippen LogP contribution in [0.1, 0.15) is 10.4 Å². The quantitative estimate of drug-likeness (QED) is 0.337. The molecule has 0 saturated heterocycles. The van der Waals surface area contributed by atoms with Crippen molar-refractivity contribution in [2.75, 3.05) is 12.4 Å². The third-order valence-electron chi connectivity index (χ3n) is 1.88. The van der Waals surface area contributed by atoms with Crippen LogP contribution in [0.5, 0.6) is 0 Å². The van der Waals surface area contributed by atoms with E-state index in [1.54, 1.807) is 0 Å². The minimum Gasteiger partial charge on any atom is -0.477 e. The summed E-state index contributed by atoms with van der Waals surface area (Å²) in [5.41, 5.74) is -0.797. The number of ether oxygens (including phenoxy) is 1. The summed E-state index contributed by atoms with van der Waals surface area (Å²) in [6.07, 6.45) is 0. The van der Waals surface area contributed by atoms with Crippen LogP contribution in [0.15, 0.2) is 23.1 Å². The summed E-state index contributed by atoms with van der Waals surface area (Å²) in [5.74, 6) is -0.850. The lowest BCUT2D eigenvalue weighted by atomic mass is 10.2. The van der Waals surface area contributed by atoms with Gasteiger partial charge < -0.3 is 9.84 Å². The molecule has 9 heteroatoms. The maximum Gasteiger partial charge on any atom is 0.417 e. The zero-order valence-electron chi connectivity index (χ0n) is 9.40. The SMILES string of the molecule is O=[C]OCCSSc1ccc([N+](=O)[O-])c(C(=O)O)c1. The molecule has 0 unspecified atom stereocenters. The Bertz CT molecular complexity index is 493. The molecule has 0 amide bonds. The molecule has 1 aromatic carbocycles. The maximum atomic E-state index is 10.9. The van der Waals surface area contributed by atoms with Gasteiger partial charge in [0.2, 0.25) is 0 Å². The molecule has 0 atom stereocenters. The lowest BCUT2D eigenvalue weighted by molar-refractivity contribution is -0.385. The summed E-state index contributed by atoms with van der Waals surface area (Å²) in [5, 5.41) is 19.5. The van der Waals surface area contributed by atoms with Gasteiger partial charge in [-0.05, 0) is 12.1 Å². The first-order valence-corrected chi connectivity index (χ1v) is 7.18. The Morgan fingerprint density at radius 2 is 2.26 bits per heavy atom. The second kappa shape index (κ2) is 7.64. The normalized spacial score (nSPS) is 9.89. The minimum absolute atomic E-state index is 0.194. The summed E-state index contributed by atoms with van der Waals surface area (Å²) in [7, 11) is 2.57. The Balaban J connectivity index is 2.70. The number of carboxylic acid groups (broad SMARTS) is 1. The number of rotatable bonds is 8. The van der Waals surface area contributed by atoms with Crippen molar-refractivity contribution < 1.29 is 24.4 Å². The average molecular weight is 302 g/mol. The number of hydrogen-bond acceptors (Lipinski definition) is 7. The van der Waals surface area contributed by atoms with Crippen molar-refractivity contribution in [2.45, 2.75) is 4.90 Å². The van der Waals surface area contributed by atoms with Gasteiger partial charge in [-0.2, -0.15) is 0 Å². The number of carboxylic acids is 1. The highest BCUT2D eigenvalue weighted by molar-refractivity contribution is 8.76. The lowest BCUT2D eigenvalue weighted by Crippen LogP contribution is -2.02. The summed E-state index contributed by atoms with van der Waals surface area (Å²) >= 11 is 0. The number of hydrogen-bond donors (Lipinski definition) is 1. The van der Waals surface area contributed by atoms with E-state index < -0.39 is 16.6 Å². The van der Waals surface area contributed by atoms with Crippen molar-refractivity contribution >= 4 is 39.7 Å². The highest BCUT2D eigenvalue weighted by atomic mass is 33.1. The largest absolute Gasteiger partial charge is 0.477 e. The number of nitro benzene ring substituents is 1. The van der Waals surface area contributed by atoms with Crippen molar-refractivity contribution in [1.29, 1.82) is 0 Å². The first-order valence-electron chi connectivity index (χ1n) is 4.86. The fourth-order valence-corrected chi connectivity index (χ4v) is 2.96. The van der Waals surface area contributed by atoms with Gasteiger partial charge in [-0.25, -0.2) is 9.59 Å². The van der Waals surface area contributed by atoms with Crippen LogP contribution >= 0.6 is 21.6 Å². The van der Waals surface area contributed by atoms with Crippen LogP contribution in [0.4, 0.5) is 5.69 Å². The van der Waals surface area contributed by atoms with E-state index in [0.29, 0.717) is 10.6 Å². The number of nitro groups is 1. The molecule has 0 aliphatic rings. The number of carbonyl (C=O) groups excluding carboxylic acids is 1. The Morgan fingerprint density at radius 1 is 1.53 bits per heavy atom. The molecule has 0 bridgehead atoms. The van der Waals surface area contributed by atoms with E-state index in [1.165, 1.54) is 40.2 Å². The van der Waals surface area contributed by atoms with Crippen LogP contribution < -0.4 is 0 Å². The van der Waals surface area contributed by atoms with Gasteiger partial charge in [-0.15, -0.1) is 0 Å². The van der Waals surface area contributed by atoms with Gasteiger partial charge in [0.05, 0.1) is 4.92 Å². The third-order valence-corrected chi connectivity index (χ3v) is 4.21. The maximum absolute atomic E-state index is 10.9. The number of benzene rings is 1. The molecule has 0 aliphatic heterocycles. The van der Waals surface area contributed by atoms with E-state index in [9.17, 15) is 19.7 Å². The molecule has 7 nitrogen and oxygen atoms in total. The molecule has 19 heavy (non-hydrogen) atoms. The molecule has 1 N–H and O–H groups in total. The van der Waals surface area contributed by atoms with Crippen molar-refractivity contribution in [3.8, 4) is 0 Å². The van der Waals surface area contributed by atoms with Gasteiger partial charge in [0, 0.05) is 16.7 Å². The van der Waals surface area contributed by atoms with E-state index >= 15 is 0 Å². The van der Waals surface area contributed by atoms with E-state index in [4.69, 9.17) is 5.11 Å². The first kappa shape index (κ1) is 15.3. The van der Waals surface area contributed by atoms with Crippen LogP contribution in [-0.4, -0.2) is 34.8 Å². The second-order valence-corrected chi connectivity index (χ2v) is 5.57. The van der Waals surface area contributed by atoms with Crippen LogP contribution in [0, 0.1) is 10.1 Å². The molecule has 0 aliphatic carbocycles. The highest BCUT2D eigenvalue weighted by Crippen LogP contribution is 2.33. The summed E-state index contributed by atoms with van der Waals surface area (Å²) in [6, 6.07) is 3.86. The standard InChI is InChI=1S/C10H8NO6S2/c12-6-17-3-4-18-19-7-1-2-9(11(15)16)8(5-7)10(13)14/h1-2,5H,3-4H2,(H,13,14). The van der Waals surface area contributed by atoms with Crippen LogP contribution in [0.3, 0.4) is 0 Å². The highest BCUT2D eigenvalue weighted by Gasteiger charge is 2.19. The summed E-state index contributed by atoms with van der Waals surface area (Å²) in [6.45, 7) is 1.48. The molecule has 0 saturated carbocycles. The third kappa shape index (κ3) is 4.79. The van der Waals surface area contributed by atoms with E-state index in [-0.39, 0.29) is 12.2 Å². The zero-order chi connectivity index (χ0) is 14.3. The summed E-state index contributed by atoms with van der Waals surface area (Å²) < 4.78 is 4.36. The van der Waals surface area contributed by atoms with Crippen molar-refractivity contribution in [3.05, 3.63) is 33.9 Å². The number of carbonyl (C=O) groups is 1. The van der Waals surface area contributed by atoms with Gasteiger partial charge >= 0.3 is 12.4 Å².